The van der Waals surface area contributed by atoms with Crippen LogP contribution in [0.15, 0.2) is 57.8 Å². The predicted octanol–water partition coefficient (Wildman–Crippen LogP) is -5.03. The molecule has 1 aliphatic rings. The Kier molecular flexibility index (Phi) is 8.16. The van der Waals surface area contributed by atoms with E-state index in [1.54, 1.807) is 12.1 Å². The summed E-state index contributed by atoms with van der Waals surface area (Å²) >= 11 is 0. The summed E-state index contributed by atoms with van der Waals surface area (Å²) in [4.78, 5) is 22.7. The zero-order chi connectivity index (χ0) is 19.3. The van der Waals surface area contributed by atoms with Gasteiger partial charge in [-0.05, 0) is 23.8 Å². The van der Waals surface area contributed by atoms with Crippen molar-refractivity contribution < 1.29 is 94.6 Å². The molecule has 3 rings (SSSR count). The van der Waals surface area contributed by atoms with E-state index in [2.05, 4.69) is 0 Å². The summed E-state index contributed by atoms with van der Waals surface area (Å²) in [6.45, 7) is 0. The van der Waals surface area contributed by atoms with Crippen molar-refractivity contribution in [3.63, 3.8) is 0 Å². The fourth-order valence-electron chi connectivity index (χ4n) is 2.56. The van der Waals surface area contributed by atoms with Crippen LogP contribution >= 0.6 is 0 Å². The normalized spacial score (nSPS) is 13.4. The van der Waals surface area contributed by atoms with Crippen LogP contribution in [-0.4, -0.2) is 37.5 Å². The average Bonchev–Trinajstić information content (AvgIpc) is 2.79. The van der Waals surface area contributed by atoms with Crippen molar-refractivity contribution in [3.8, 4) is 0 Å². The molecule has 2 aromatic rings. The summed E-state index contributed by atoms with van der Waals surface area (Å²) in [7, 11) is -10.2. The Hall–Kier alpha value is -0.660. The van der Waals surface area contributed by atoms with Gasteiger partial charge in [-0.2, -0.15) is 0 Å². The third-order valence-electron chi connectivity index (χ3n) is 3.75. The van der Waals surface area contributed by atoms with E-state index >= 15 is 0 Å². The first-order chi connectivity index (χ1) is 12.0. The molecule has 12 heteroatoms. The van der Waals surface area contributed by atoms with Crippen molar-refractivity contribution in [2.45, 2.75) is 9.79 Å². The fraction of sp³-hybridized carbons (Fsp3) is 0. The molecule has 0 amide bonds. The number of carbonyl (C=O) groups is 2. The number of hydrogen-bond donors (Lipinski definition) is 0. The number of Topliss-reactive ketones (excluding diaryl/α,β-unsaturated/α-hetero) is 2. The van der Waals surface area contributed by atoms with Gasteiger partial charge >= 0.3 is 59.1 Å². The second-order valence-corrected chi connectivity index (χ2v) is 8.10. The Labute approximate surface area is 205 Å². The van der Waals surface area contributed by atoms with Gasteiger partial charge in [-0.1, -0.05) is 30.3 Å². The molecule has 8 nitrogen and oxygen atoms in total. The van der Waals surface area contributed by atoms with Gasteiger partial charge in [0, 0.05) is 11.1 Å². The molecule has 0 saturated carbocycles. The molecular formula is C16H8Na2O8S2. The molecule has 2 aromatic carbocycles. The summed E-state index contributed by atoms with van der Waals surface area (Å²) in [5.74, 6) is -1.30. The Balaban J connectivity index is 0.00000196. The Bertz CT molecular complexity index is 1180. The third kappa shape index (κ3) is 4.90. The maximum absolute atomic E-state index is 12.3. The monoisotopic (exact) mass is 438 g/mol. The number of ketones is 2. The largest absolute Gasteiger partial charge is 1.00 e. The van der Waals surface area contributed by atoms with E-state index < -0.39 is 41.6 Å². The summed E-state index contributed by atoms with van der Waals surface area (Å²) in [5, 5.41) is 0. The van der Waals surface area contributed by atoms with Crippen molar-refractivity contribution in [2.24, 2.45) is 0 Å². The number of carbonyl (C=O) groups excluding carboxylic acids is 2. The van der Waals surface area contributed by atoms with E-state index in [0.717, 1.165) is 18.2 Å². The Morgan fingerprint density at radius 1 is 0.750 bits per heavy atom. The van der Waals surface area contributed by atoms with Crippen LogP contribution in [0.1, 0.15) is 26.3 Å². The van der Waals surface area contributed by atoms with Crippen LogP contribution < -0.4 is 59.1 Å². The third-order valence-corrected chi connectivity index (χ3v) is 5.47. The van der Waals surface area contributed by atoms with E-state index in [1.165, 1.54) is 12.1 Å². The summed E-state index contributed by atoms with van der Waals surface area (Å²) < 4.78 is 67.4. The van der Waals surface area contributed by atoms with E-state index in [9.17, 15) is 35.5 Å². The average molecular weight is 438 g/mol. The molecule has 0 radical (unpaired) electrons. The van der Waals surface area contributed by atoms with Gasteiger partial charge in [-0.15, -0.1) is 0 Å². The predicted molar refractivity (Wildman–Crippen MR) is 85.4 cm³/mol. The van der Waals surface area contributed by atoms with E-state index in [-0.39, 0.29) is 81.4 Å². The van der Waals surface area contributed by atoms with Crippen LogP contribution in [0.5, 0.6) is 0 Å². The van der Waals surface area contributed by atoms with Gasteiger partial charge < -0.3 is 9.11 Å². The van der Waals surface area contributed by atoms with Gasteiger partial charge in [-0.25, -0.2) is 16.8 Å². The molecule has 1 aliphatic carbocycles. The second kappa shape index (κ2) is 9.00. The zero-order valence-corrected chi connectivity index (χ0v) is 20.3. The molecule has 0 saturated heterocycles. The van der Waals surface area contributed by atoms with Crippen molar-refractivity contribution in [2.75, 3.05) is 0 Å². The molecule has 0 fully saturated rings. The number of benzene rings is 2. The van der Waals surface area contributed by atoms with Crippen LogP contribution in [0.4, 0.5) is 0 Å². The number of allylic oxidation sites excluding steroid dienone is 1. The fourth-order valence-corrected chi connectivity index (χ4v) is 3.82. The molecule has 0 aromatic heterocycles. The maximum atomic E-state index is 12.3. The van der Waals surface area contributed by atoms with Gasteiger partial charge in [0.1, 0.15) is 20.2 Å². The van der Waals surface area contributed by atoms with Crippen LogP contribution in [0.25, 0.3) is 6.08 Å². The van der Waals surface area contributed by atoms with E-state index in [0.29, 0.717) is 6.07 Å². The van der Waals surface area contributed by atoms with E-state index in [4.69, 9.17) is 0 Å². The zero-order valence-electron chi connectivity index (χ0n) is 14.7. The van der Waals surface area contributed by atoms with Crippen molar-refractivity contribution in [3.05, 3.63) is 64.7 Å². The molecule has 0 aliphatic heterocycles. The van der Waals surface area contributed by atoms with Crippen LogP contribution in [0.2, 0.25) is 0 Å². The quantitative estimate of drug-likeness (QED) is 0.200. The molecule has 134 valence electrons. The maximum Gasteiger partial charge on any atom is 1.00 e. The summed E-state index contributed by atoms with van der Waals surface area (Å²) in [5.41, 5.74) is -0.464. The first-order valence-electron chi connectivity index (χ1n) is 6.96. The topological polar surface area (TPSA) is 149 Å². The molecule has 0 atom stereocenters. The van der Waals surface area contributed by atoms with Crippen LogP contribution in [0.3, 0.4) is 0 Å². The van der Waals surface area contributed by atoms with Crippen molar-refractivity contribution in [1.29, 1.82) is 0 Å². The minimum Gasteiger partial charge on any atom is -0.744 e. The van der Waals surface area contributed by atoms with Gasteiger partial charge in [0.2, 0.25) is 0 Å². The first-order valence-corrected chi connectivity index (χ1v) is 9.78. The van der Waals surface area contributed by atoms with Gasteiger partial charge in [0.15, 0.2) is 11.6 Å². The molecule has 0 bridgehead atoms. The van der Waals surface area contributed by atoms with Gasteiger partial charge in [-0.3, -0.25) is 9.59 Å². The summed E-state index contributed by atoms with van der Waals surface area (Å²) in [6.07, 6.45) is 0.899. The minimum atomic E-state index is -5.18. The molecule has 0 N–H and O–H groups in total. The molecule has 0 heterocycles. The standard InChI is InChI=1S/C16H10O8S2.2Na/c17-15-11-3-1-2-4-12(11)16(18)13(15)7-9-5-6-10(25(19,20)21)8-14(9)26(22,23)24;;/h1-8H,(H,19,20,21)(H,22,23,24);;/q;2*+1/p-2. The number of rotatable bonds is 3. The first kappa shape index (κ1) is 25.4. The molecule has 28 heavy (non-hydrogen) atoms. The Morgan fingerprint density at radius 3 is 1.68 bits per heavy atom. The van der Waals surface area contributed by atoms with Crippen LogP contribution in [0, 0.1) is 0 Å². The number of hydrogen-bond acceptors (Lipinski definition) is 8. The van der Waals surface area contributed by atoms with Crippen molar-refractivity contribution in [1.82, 2.24) is 0 Å². The second-order valence-electron chi connectivity index (χ2n) is 5.37. The Morgan fingerprint density at radius 2 is 1.25 bits per heavy atom. The summed E-state index contributed by atoms with van der Waals surface area (Å²) in [6, 6.07) is 8.03. The molecule has 0 unspecified atom stereocenters. The minimum absolute atomic E-state index is 0. The number of fused-ring (bicyclic) bond motifs is 1. The molecule has 0 spiro atoms. The molecular weight excluding hydrogens is 430 g/mol. The van der Waals surface area contributed by atoms with Gasteiger partial charge in [0.25, 0.3) is 0 Å². The SMILES string of the molecule is O=C1C(=Cc2ccc(S(=O)(=O)[O-])cc2S(=O)(=O)[O-])C(=O)c2ccccc21.[Na+].[Na+]. The van der Waals surface area contributed by atoms with Crippen LogP contribution in [-0.2, 0) is 20.2 Å². The van der Waals surface area contributed by atoms with Crippen molar-refractivity contribution >= 4 is 37.9 Å². The smallest absolute Gasteiger partial charge is 0.744 e. The van der Waals surface area contributed by atoms with Gasteiger partial charge in [0.05, 0.1) is 15.4 Å². The van der Waals surface area contributed by atoms with E-state index in [1.807, 2.05) is 0 Å².